The molecule has 0 amide bonds. The van der Waals surface area contributed by atoms with Crippen molar-refractivity contribution in [3.05, 3.63) is 107 Å². The number of hydrogen-bond acceptors (Lipinski definition) is 4. The van der Waals surface area contributed by atoms with Crippen LogP contribution in [-0.4, -0.2) is 15.3 Å². The van der Waals surface area contributed by atoms with E-state index in [1.54, 1.807) is 19.1 Å². The molecule has 0 fully saturated rings. The monoisotopic (exact) mass is 492 g/mol. The zero-order valence-corrected chi connectivity index (χ0v) is 19.5. The summed E-state index contributed by atoms with van der Waals surface area (Å²) in [5.74, 6) is -1.38. The molecule has 0 bridgehead atoms. The Morgan fingerprint density at radius 1 is 0.914 bits per heavy atom. The van der Waals surface area contributed by atoms with Gasteiger partial charge in [0.15, 0.2) is 5.11 Å². The molecule has 0 radical (unpaired) electrons. The largest absolute Gasteiger partial charge is 0.351 e. The molecule has 2 heterocycles. The van der Waals surface area contributed by atoms with Gasteiger partial charge in [-0.05, 0) is 55.9 Å². The van der Waals surface area contributed by atoms with E-state index in [0.29, 0.717) is 22.7 Å². The highest BCUT2D eigenvalue weighted by Gasteiger charge is 2.35. The molecule has 1 aliphatic rings. The van der Waals surface area contributed by atoms with Crippen LogP contribution in [0.5, 0.6) is 0 Å². The van der Waals surface area contributed by atoms with Crippen LogP contribution in [0.4, 0.5) is 18.9 Å². The van der Waals surface area contributed by atoms with Crippen LogP contribution in [-0.2, 0) is 0 Å². The molecule has 0 saturated heterocycles. The minimum Gasteiger partial charge on any atom is -0.351 e. The Hall–Kier alpha value is -3.98. The lowest BCUT2D eigenvalue weighted by molar-refractivity contribution is 0.404. The van der Waals surface area contributed by atoms with Crippen molar-refractivity contribution in [3.8, 4) is 11.4 Å². The normalized spacial score (nSPS) is 16.0. The highest BCUT2D eigenvalue weighted by atomic mass is 32.1. The number of hydrogen-bond donors (Lipinski definition) is 1. The maximum atomic E-state index is 14.1. The van der Waals surface area contributed by atoms with Crippen molar-refractivity contribution in [3.63, 3.8) is 0 Å². The van der Waals surface area contributed by atoms with Crippen LogP contribution in [0, 0.1) is 24.4 Å². The van der Waals surface area contributed by atoms with Gasteiger partial charge in [0.25, 0.3) is 5.89 Å². The molecule has 176 valence electrons. The summed E-state index contributed by atoms with van der Waals surface area (Å²) in [4.78, 5) is 6.07. The van der Waals surface area contributed by atoms with E-state index >= 15 is 0 Å². The first-order chi connectivity index (χ1) is 16.8. The van der Waals surface area contributed by atoms with Gasteiger partial charge in [-0.25, -0.2) is 13.2 Å². The Balaban J connectivity index is 1.67. The number of aromatic nitrogens is 2. The van der Waals surface area contributed by atoms with E-state index < -0.39 is 23.5 Å². The lowest BCUT2D eigenvalue weighted by Gasteiger charge is -2.37. The standard InChI is InChI=1S/C26H19F3N4OS/c1-14-6-8-16(9-7-14)24-31-25(34-32-24)22-15(2)33(21-12-19(28)11-20(29)13-21)26(35)30-23(22)17-4-3-5-18(27)10-17/h3-13,23H,1-2H3,(H,30,35). The number of halogens is 3. The minimum atomic E-state index is -0.746. The number of anilines is 1. The van der Waals surface area contributed by atoms with Crippen LogP contribution >= 0.6 is 12.2 Å². The molecular weight excluding hydrogens is 473 g/mol. The second-order valence-electron chi connectivity index (χ2n) is 8.19. The number of thiocarbonyl (C=S) groups is 1. The van der Waals surface area contributed by atoms with Gasteiger partial charge in [-0.1, -0.05) is 47.1 Å². The maximum Gasteiger partial charge on any atom is 0.258 e. The number of aryl methyl sites for hydroxylation is 1. The number of nitrogens with one attached hydrogen (secondary N) is 1. The molecule has 9 heteroatoms. The van der Waals surface area contributed by atoms with Gasteiger partial charge in [-0.15, -0.1) is 0 Å². The van der Waals surface area contributed by atoms with Gasteiger partial charge >= 0.3 is 0 Å². The van der Waals surface area contributed by atoms with E-state index in [-0.39, 0.29) is 16.7 Å². The third-order valence-electron chi connectivity index (χ3n) is 5.74. The lowest BCUT2D eigenvalue weighted by Crippen LogP contribution is -2.46. The SMILES string of the molecule is CC1=C(c2nc(-c3ccc(C)cc3)no2)C(c2cccc(F)c2)NC(=S)N1c1cc(F)cc(F)c1. The quantitative estimate of drug-likeness (QED) is 0.336. The molecular formula is C26H19F3N4OS. The Morgan fingerprint density at radius 3 is 2.31 bits per heavy atom. The van der Waals surface area contributed by atoms with Crippen LogP contribution in [0.1, 0.15) is 30.0 Å². The molecule has 0 spiro atoms. The van der Waals surface area contributed by atoms with Crippen molar-refractivity contribution in [1.29, 1.82) is 0 Å². The smallest absolute Gasteiger partial charge is 0.258 e. The fourth-order valence-corrected chi connectivity index (χ4v) is 4.45. The maximum absolute atomic E-state index is 14.1. The van der Waals surface area contributed by atoms with Crippen LogP contribution < -0.4 is 10.2 Å². The van der Waals surface area contributed by atoms with Gasteiger partial charge in [0.05, 0.1) is 17.3 Å². The number of benzene rings is 3. The summed E-state index contributed by atoms with van der Waals surface area (Å²) in [5, 5.41) is 7.45. The van der Waals surface area contributed by atoms with Gasteiger partial charge in [-0.3, -0.25) is 4.90 Å². The van der Waals surface area contributed by atoms with E-state index in [9.17, 15) is 13.2 Å². The van der Waals surface area contributed by atoms with E-state index in [1.165, 1.54) is 29.2 Å². The predicted molar refractivity (Wildman–Crippen MR) is 131 cm³/mol. The number of rotatable bonds is 4. The first-order valence-electron chi connectivity index (χ1n) is 10.7. The lowest BCUT2D eigenvalue weighted by atomic mass is 9.94. The average molecular weight is 493 g/mol. The second kappa shape index (κ2) is 8.99. The molecule has 5 nitrogen and oxygen atoms in total. The topological polar surface area (TPSA) is 54.2 Å². The Labute approximate surface area is 204 Å². The molecule has 1 aliphatic heterocycles. The minimum absolute atomic E-state index is 0.171. The summed E-state index contributed by atoms with van der Waals surface area (Å²) >= 11 is 5.55. The van der Waals surface area contributed by atoms with Crippen molar-refractivity contribution in [2.75, 3.05) is 4.90 Å². The van der Waals surface area contributed by atoms with E-state index in [1.807, 2.05) is 31.2 Å². The summed E-state index contributed by atoms with van der Waals surface area (Å²) in [6.07, 6.45) is 0. The number of allylic oxidation sites excluding steroid dienone is 1. The predicted octanol–water partition coefficient (Wildman–Crippen LogP) is 6.33. The van der Waals surface area contributed by atoms with Crippen molar-refractivity contribution >= 4 is 28.6 Å². The zero-order valence-electron chi connectivity index (χ0n) is 18.7. The molecule has 0 saturated carbocycles. The van der Waals surface area contributed by atoms with Crippen LogP contribution in [0.15, 0.2) is 77.0 Å². The van der Waals surface area contributed by atoms with Crippen molar-refractivity contribution < 1.29 is 17.7 Å². The Morgan fingerprint density at radius 2 is 1.63 bits per heavy atom. The molecule has 0 aliphatic carbocycles. The van der Waals surface area contributed by atoms with Gasteiger partial charge in [0, 0.05) is 17.3 Å². The molecule has 3 aromatic carbocycles. The average Bonchev–Trinajstić information content (AvgIpc) is 3.28. The second-order valence-corrected chi connectivity index (χ2v) is 8.58. The third-order valence-corrected chi connectivity index (χ3v) is 6.04. The van der Waals surface area contributed by atoms with Gasteiger partial charge < -0.3 is 9.84 Å². The molecule has 5 rings (SSSR count). The molecule has 1 atom stereocenters. The molecule has 1 aromatic heterocycles. The first-order valence-corrected chi connectivity index (χ1v) is 11.1. The molecule has 1 unspecified atom stereocenters. The Bertz CT molecular complexity index is 1450. The van der Waals surface area contributed by atoms with Gasteiger partial charge in [-0.2, -0.15) is 4.98 Å². The summed E-state index contributed by atoms with van der Waals surface area (Å²) in [7, 11) is 0. The summed E-state index contributed by atoms with van der Waals surface area (Å²) in [6.45, 7) is 3.71. The fraction of sp³-hybridized carbons (Fsp3) is 0.115. The van der Waals surface area contributed by atoms with Gasteiger partial charge in [0.2, 0.25) is 5.82 Å². The zero-order chi connectivity index (χ0) is 24.7. The van der Waals surface area contributed by atoms with E-state index in [2.05, 4.69) is 15.5 Å². The summed E-state index contributed by atoms with van der Waals surface area (Å²) in [5.41, 5.74) is 3.61. The Kier molecular flexibility index (Phi) is 5.86. The first kappa shape index (κ1) is 22.8. The summed E-state index contributed by atoms with van der Waals surface area (Å²) < 4.78 is 47.8. The fourth-order valence-electron chi connectivity index (χ4n) is 4.09. The third kappa shape index (κ3) is 4.42. The van der Waals surface area contributed by atoms with E-state index in [4.69, 9.17) is 16.7 Å². The van der Waals surface area contributed by atoms with Crippen molar-refractivity contribution in [2.45, 2.75) is 19.9 Å². The van der Waals surface area contributed by atoms with Crippen molar-refractivity contribution in [1.82, 2.24) is 15.5 Å². The number of nitrogens with zero attached hydrogens (tertiary/aromatic N) is 3. The van der Waals surface area contributed by atoms with E-state index in [0.717, 1.165) is 17.2 Å². The highest BCUT2D eigenvalue weighted by molar-refractivity contribution is 7.80. The van der Waals surface area contributed by atoms with Crippen LogP contribution in [0.3, 0.4) is 0 Å². The summed E-state index contributed by atoms with van der Waals surface area (Å²) in [6, 6.07) is 16.2. The highest BCUT2D eigenvalue weighted by Crippen LogP contribution is 2.39. The molecule has 1 N–H and O–H groups in total. The van der Waals surface area contributed by atoms with Gasteiger partial charge in [0.1, 0.15) is 17.5 Å². The van der Waals surface area contributed by atoms with Crippen LogP contribution in [0.2, 0.25) is 0 Å². The van der Waals surface area contributed by atoms with Crippen LogP contribution in [0.25, 0.3) is 17.0 Å². The molecule has 35 heavy (non-hydrogen) atoms. The van der Waals surface area contributed by atoms with Crippen molar-refractivity contribution in [2.24, 2.45) is 0 Å². The molecule has 4 aromatic rings.